The SMILES string of the molecule is CCS(=O)(=O)c1ccc(C(=O)NC(CC(=O)OC)c2ccc(Cl)cc2)cc1. The number of hydrogen-bond donors (Lipinski definition) is 1. The third-order valence-electron chi connectivity index (χ3n) is 4.03. The van der Waals surface area contributed by atoms with Crippen LogP contribution in [0.1, 0.15) is 35.3 Å². The maximum Gasteiger partial charge on any atom is 0.307 e. The standard InChI is InChI=1S/C19H20ClNO5S/c1-3-27(24,25)16-10-6-14(7-11-16)19(23)21-17(12-18(22)26-2)13-4-8-15(20)9-5-13/h4-11,17H,3,12H2,1-2H3,(H,21,23). The molecule has 8 heteroatoms. The number of ether oxygens (including phenoxy) is 1. The van der Waals surface area contributed by atoms with Crippen LogP contribution in [-0.2, 0) is 19.4 Å². The van der Waals surface area contributed by atoms with E-state index in [1.807, 2.05) is 0 Å². The number of carbonyl (C=O) groups is 2. The summed E-state index contributed by atoms with van der Waals surface area (Å²) in [6, 6.07) is 11.8. The highest BCUT2D eigenvalue weighted by Gasteiger charge is 2.20. The average Bonchev–Trinajstić information content (AvgIpc) is 2.68. The predicted octanol–water partition coefficient (Wildman–Crippen LogP) is 3.17. The van der Waals surface area contributed by atoms with Crippen LogP contribution < -0.4 is 5.32 Å². The summed E-state index contributed by atoms with van der Waals surface area (Å²) in [5, 5.41) is 3.31. The first-order valence-electron chi connectivity index (χ1n) is 8.22. The maximum atomic E-state index is 12.6. The number of methoxy groups -OCH3 is 1. The summed E-state index contributed by atoms with van der Waals surface area (Å²) in [6.45, 7) is 1.56. The van der Waals surface area contributed by atoms with Gasteiger partial charge in [-0.2, -0.15) is 0 Å². The number of benzene rings is 2. The molecule has 0 spiro atoms. The number of carbonyl (C=O) groups excluding carboxylic acids is 2. The fourth-order valence-electron chi connectivity index (χ4n) is 2.42. The lowest BCUT2D eigenvalue weighted by Gasteiger charge is -2.18. The van der Waals surface area contributed by atoms with Crippen molar-refractivity contribution >= 4 is 33.3 Å². The molecule has 0 heterocycles. The molecule has 1 atom stereocenters. The van der Waals surface area contributed by atoms with E-state index in [2.05, 4.69) is 5.32 Å². The highest BCUT2D eigenvalue weighted by molar-refractivity contribution is 7.91. The van der Waals surface area contributed by atoms with Crippen molar-refractivity contribution in [1.29, 1.82) is 0 Å². The van der Waals surface area contributed by atoms with Crippen LogP contribution >= 0.6 is 11.6 Å². The van der Waals surface area contributed by atoms with E-state index in [0.717, 1.165) is 0 Å². The zero-order valence-corrected chi connectivity index (χ0v) is 16.5. The molecule has 0 fully saturated rings. The minimum Gasteiger partial charge on any atom is -0.469 e. The first-order chi connectivity index (χ1) is 12.8. The number of amides is 1. The lowest BCUT2D eigenvalue weighted by atomic mass is 10.0. The van der Waals surface area contributed by atoms with Gasteiger partial charge >= 0.3 is 5.97 Å². The van der Waals surface area contributed by atoms with E-state index in [1.165, 1.54) is 31.4 Å². The van der Waals surface area contributed by atoms with E-state index in [1.54, 1.807) is 31.2 Å². The smallest absolute Gasteiger partial charge is 0.307 e. The Labute approximate surface area is 163 Å². The summed E-state index contributed by atoms with van der Waals surface area (Å²) in [5.74, 6) is -0.921. The van der Waals surface area contributed by atoms with E-state index in [-0.39, 0.29) is 22.6 Å². The van der Waals surface area contributed by atoms with Gasteiger partial charge in [-0.05, 0) is 42.0 Å². The van der Waals surface area contributed by atoms with E-state index in [9.17, 15) is 18.0 Å². The van der Waals surface area contributed by atoms with E-state index in [0.29, 0.717) is 10.6 Å². The average molecular weight is 410 g/mol. The zero-order valence-electron chi connectivity index (χ0n) is 14.9. The molecule has 0 aliphatic heterocycles. The summed E-state index contributed by atoms with van der Waals surface area (Å²) in [4.78, 5) is 24.4. The van der Waals surface area contributed by atoms with Crippen molar-refractivity contribution < 1.29 is 22.7 Å². The van der Waals surface area contributed by atoms with Gasteiger partial charge in [-0.25, -0.2) is 8.42 Å². The Bertz CT molecular complexity index is 908. The van der Waals surface area contributed by atoms with Crippen molar-refractivity contribution in [2.75, 3.05) is 12.9 Å². The fraction of sp³-hybridized carbons (Fsp3) is 0.263. The van der Waals surface area contributed by atoms with Gasteiger partial charge in [-0.15, -0.1) is 0 Å². The van der Waals surface area contributed by atoms with Crippen molar-refractivity contribution in [3.63, 3.8) is 0 Å². The molecule has 2 aromatic rings. The van der Waals surface area contributed by atoms with Crippen LogP contribution in [0.3, 0.4) is 0 Å². The Hall–Kier alpha value is -2.38. The van der Waals surface area contributed by atoms with Crippen molar-refractivity contribution in [3.8, 4) is 0 Å². The summed E-state index contributed by atoms with van der Waals surface area (Å²) in [7, 11) is -2.06. The van der Waals surface area contributed by atoms with E-state index in [4.69, 9.17) is 16.3 Å². The molecule has 1 amide bonds. The second-order valence-corrected chi connectivity index (χ2v) is 8.50. The first-order valence-corrected chi connectivity index (χ1v) is 10.3. The van der Waals surface area contributed by atoms with Crippen LogP contribution in [0, 0.1) is 0 Å². The quantitative estimate of drug-likeness (QED) is 0.709. The van der Waals surface area contributed by atoms with Crippen molar-refractivity contribution in [3.05, 3.63) is 64.7 Å². The lowest BCUT2D eigenvalue weighted by Crippen LogP contribution is -2.30. The Morgan fingerprint density at radius 2 is 1.67 bits per heavy atom. The van der Waals surface area contributed by atoms with Crippen LogP contribution in [0.4, 0.5) is 0 Å². The van der Waals surface area contributed by atoms with Crippen molar-refractivity contribution in [1.82, 2.24) is 5.32 Å². The number of hydrogen-bond acceptors (Lipinski definition) is 5. The summed E-state index contributed by atoms with van der Waals surface area (Å²) in [5.41, 5.74) is 0.984. The van der Waals surface area contributed by atoms with Gasteiger partial charge in [-0.1, -0.05) is 30.7 Å². The van der Waals surface area contributed by atoms with Gasteiger partial charge in [0.1, 0.15) is 0 Å². The third-order valence-corrected chi connectivity index (χ3v) is 6.03. The van der Waals surface area contributed by atoms with Crippen LogP contribution in [0.5, 0.6) is 0 Å². The summed E-state index contributed by atoms with van der Waals surface area (Å²) < 4.78 is 28.4. The predicted molar refractivity (Wildman–Crippen MR) is 102 cm³/mol. The van der Waals surface area contributed by atoms with Gasteiger partial charge in [0, 0.05) is 10.6 Å². The monoisotopic (exact) mass is 409 g/mol. The topological polar surface area (TPSA) is 89.5 Å². The van der Waals surface area contributed by atoms with Crippen LogP contribution in [0.15, 0.2) is 53.4 Å². The highest BCUT2D eigenvalue weighted by atomic mass is 35.5. The first kappa shape index (κ1) is 20.9. The Morgan fingerprint density at radius 3 is 2.19 bits per heavy atom. The summed E-state index contributed by atoms with van der Waals surface area (Å²) >= 11 is 5.89. The van der Waals surface area contributed by atoms with Gasteiger partial charge < -0.3 is 10.1 Å². The number of nitrogens with one attached hydrogen (secondary N) is 1. The Morgan fingerprint density at radius 1 is 1.07 bits per heavy atom. The lowest BCUT2D eigenvalue weighted by molar-refractivity contribution is -0.141. The molecule has 0 radical (unpaired) electrons. The second-order valence-electron chi connectivity index (χ2n) is 5.79. The van der Waals surface area contributed by atoms with Crippen LogP contribution in [-0.4, -0.2) is 33.2 Å². The van der Waals surface area contributed by atoms with Gasteiger partial charge in [0.2, 0.25) is 0 Å². The number of rotatable bonds is 7. The molecule has 0 aliphatic carbocycles. The largest absolute Gasteiger partial charge is 0.469 e. The van der Waals surface area contributed by atoms with Crippen molar-refractivity contribution in [2.24, 2.45) is 0 Å². The molecule has 27 heavy (non-hydrogen) atoms. The van der Waals surface area contributed by atoms with Gasteiger partial charge in [0.25, 0.3) is 5.91 Å². The molecular formula is C19H20ClNO5S. The minimum atomic E-state index is -3.34. The molecule has 0 saturated carbocycles. The molecule has 1 unspecified atom stereocenters. The van der Waals surface area contributed by atoms with Crippen LogP contribution in [0.2, 0.25) is 5.02 Å². The Balaban J connectivity index is 2.22. The molecule has 0 saturated heterocycles. The van der Waals surface area contributed by atoms with Crippen molar-refractivity contribution in [2.45, 2.75) is 24.3 Å². The molecular weight excluding hydrogens is 390 g/mol. The summed E-state index contributed by atoms with van der Waals surface area (Å²) in [6.07, 6.45) is -0.0494. The third kappa shape index (κ3) is 5.55. The number of sulfone groups is 1. The Kier molecular flexibility index (Phi) is 6.98. The zero-order chi connectivity index (χ0) is 20.0. The maximum absolute atomic E-state index is 12.6. The highest BCUT2D eigenvalue weighted by Crippen LogP contribution is 2.21. The second kappa shape index (κ2) is 9.01. The van der Waals surface area contributed by atoms with Gasteiger partial charge in [0.05, 0.1) is 30.2 Å². The molecule has 0 bridgehead atoms. The van der Waals surface area contributed by atoms with Gasteiger partial charge in [-0.3, -0.25) is 9.59 Å². The van der Waals surface area contributed by atoms with E-state index < -0.39 is 27.8 Å². The van der Waals surface area contributed by atoms with E-state index >= 15 is 0 Å². The molecule has 2 rings (SSSR count). The molecule has 0 aromatic heterocycles. The molecule has 2 aromatic carbocycles. The molecule has 6 nitrogen and oxygen atoms in total. The number of esters is 1. The normalized spacial score (nSPS) is 12.3. The minimum absolute atomic E-state index is 0.0175. The molecule has 144 valence electrons. The molecule has 0 aliphatic rings. The number of halogens is 1. The molecule has 1 N–H and O–H groups in total. The van der Waals surface area contributed by atoms with Gasteiger partial charge in [0.15, 0.2) is 9.84 Å². The van der Waals surface area contributed by atoms with Crippen LogP contribution in [0.25, 0.3) is 0 Å². The fourth-order valence-corrected chi connectivity index (χ4v) is 3.43.